The van der Waals surface area contributed by atoms with Crippen molar-refractivity contribution in [3.8, 4) is 0 Å². The van der Waals surface area contributed by atoms with Crippen LogP contribution in [0.15, 0.2) is 12.1 Å². The lowest BCUT2D eigenvalue weighted by atomic mass is 9.87. The third-order valence-corrected chi connectivity index (χ3v) is 4.60. The zero-order chi connectivity index (χ0) is 13.5. The predicted molar refractivity (Wildman–Crippen MR) is 75.2 cm³/mol. The molecule has 4 heteroatoms. The largest absolute Gasteiger partial charge is 0.373 e. The van der Waals surface area contributed by atoms with Gasteiger partial charge < -0.3 is 9.64 Å². The molecular formula is C15H23N3O. The second-order valence-corrected chi connectivity index (χ2v) is 6.41. The third-order valence-electron chi connectivity index (χ3n) is 4.60. The SMILES string of the molecule is Cc1ccc(N2CCC3(CC(C(C)C)CO3)C2)nn1. The number of rotatable bonds is 2. The maximum absolute atomic E-state index is 6.16. The fraction of sp³-hybridized carbons (Fsp3) is 0.733. The van der Waals surface area contributed by atoms with Crippen molar-refractivity contribution in [1.29, 1.82) is 0 Å². The van der Waals surface area contributed by atoms with Crippen molar-refractivity contribution in [3.05, 3.63) is 17.8 Å². The van der Waals surface area contributed by atoms with E-state index < -0.39 is 0 Å². The molecule has 2 fully saturated rings. The van der Waals surface area contributed by atoms with E-state index in [-0.39, 0.29) is 5.60 Å². The van der Waals surface area contributed by atoms with Crippen LogP contribution in [0, 0.1) is 18.8 Å². The normalized spacial score (nSPS) is 30.7. The van der Waals surface area contributed by atoms with E-state index in [9.17, 15) is 0 Å². The molecule has 0 aromatic carbocycles. The second kappa shape index (κ2) is 4.75. The first-order valence-electron chi connectivity index (χ1n) is 7.27. The molecule has 1 aromatic heterocycles. The van der Waals surface area contributed by atoms with Gasteiger partial charge in [-0.15, -0.1) is 5.10 Å². The first-order chi connectivity index (χ1) is 9.08. The lowest BCUT2D eigenvalue weighted by Gasteiger charge is -2.24. The van der Waals surface area contributed by atoms with Gasteiger partial charge in [-0.1, -0.05) is 13.8 Å². The number of aryl methyl sites for hydroxylation is 1. The summed E-state index contributed by atoms with van der Waals surface area (Å²) in [6.45, 7) is 9.48. The van der Waals surface area contributed by atoms with Crippen LogP contribution in [0.5, 0.6) is 0 Å². The molecule has 1 spiro atoms. The van der Waals surface area contributed by atoms with Crippen LogP contribution >= 0.6 is 0 Å². The molecule has 0 N–H and O–H groups in total. The van der Waals surface area contributed by atoms with Gasteiger partial charge in [0.25, 0.3) is 0 Å². The van der Waals surface area contributed by atoms with Crippen molar-refractivity contribution in [1.82, 2.24) is 10.2 Å². The maximum Gasteiger partial charge on any atom is 0.151 e. The minimum Gasteiger partial charge on any atom is -0.373 e. The lowest BCUT2D eigenvalue weighted by Crippen LogP contribution is -2.33. The van der Waals surface area contributed by atoms with Crippen molar-refractivity contribution in [2.45, 2.75) is 39.2 Å². The van der Waals surface area contributed by atoms with Crippen LogP contribution in [0.3, 0.4) is 0 Å². The van der Waals surface area contributed by atoms with Crippen molar-refractivity contribution < 1.29 is 4.74 Å². The quantitative estimate of drug-likeness (QED) is 0.819. The first kappa shape index (κ1) is 12.9. The molecule has 1 aromatic rings. The Morgan fingerprint density at radius 3 is 2.84 bits per heavy atom. The van der Waals surface area contributed by atoms with E-state index in [0.717, 1.165) is 37.6 Å². The number of nitrogens with zero attached hydrogens (tertiary/aromatic N) is 3. The average molecular weight is 261 g/mol. The van der Waals surface area contributed by atoms with E-state index in [2.05, 4.69) is 35.0 Å². The third kappa shape index (κ3) is 2.46. The zero-order valence-electron chi connectivity index (χ0n) is 12.1. The Morgan fingerprint density at radius 2 is 2.21 bits per heavy atom. The van der Waals surface area contributed by atoms with Gasteiger partial charge in [-0.3, -0.25) is 0 Å². The molecule has 2 unspecified atom stereocenters. The van der Waals surface area contributed by atoms with Crippen LogP contribution in [0.2, 0.25) is 0 Å². The average Bonchev–Trinajstić information content (AvgIpc) is 2.99. The predicted octanol–water partition coefficient (Wildman–Crippen LogP) is 2.43. The molecule has 0 bridgehead atoms. The Bertz CT molecular complexity index is 445. The Kier molecular flexibility index (Phi) is 3.21. The molecule has 2 aliphatic rings. The molecule has 19 heavy (non-hydrogen) atoms. The van der Waals surface area contributed by atoms with E-state index in [1.807, 2.05) is 13.0 Å². The Hall–Kier alpha value is -1.16. The van der Waals surface area contributed by atoms with Gasteiger partial charge in [-0.25, -0.2) is 0 Å². The number of hydrogen-bond donors (Lipinski definition) is 0. The molecule has 2 atom stereocenters. The van der Waals surface area contributed by atoms with Gasteiger partial charge in [-0.2, -0.15) is 5.10 Å². The summed E-state index contributed by atoms with van der Waals surface area (Å²) >= 11 is 0. The van der Waals surface area contributed by atoms with Crippen molar-refractivity contribution >= 4 is 5.82 Å². The summed E-state index contributed by atoms with van der Waals surface area (Å²) in [5.74, 6) is 2.41. The summed E-state index contributed by atoms with van der Waals surface area (Å²) in [6, 6.07) is 4.09. The highest BCUT2D eigenvalue weighted by Crippen LogP contribution is 2.41. The van der Waals surface area contributed by atoms with E-state index in [1.165, 1.54) is 6.42 Å². The van der Waals surface area contributed by atoms with Crippen LogP contribution in [-0.4, -0.2) is 35.5 Å². The summed E-state index contributed by atoms with van der Waals surface area (Å²) in [4.78, 5) is 2.31. The molecule has 104 valence electrons. The fourth-order valence-corrected chi connectivity index (χ4v) is 3.19. The number of ether oxygens (including phenoxy) is 1. The van der Waals surface area contributed by atoms with Crippen LogP contribution in [0.25, 0.3) is 0 Å². The summed E-state index contributed by atoms with van der Waals surface area (Å²) in [6.07, 6.45) is 2.31. The van der Waals surface area contributed by atoms with Gasteiger partial charge in [0.15, 0.2) is 5.82 Å². The molecule has 3 rings (SSSR count). The maximum atomic E-state index is 6.16. The van der Waals surface area contributed by atoms with Crippen molar-refractivity contribution in [2.75, 3.05) is 24.6 Å². The number of aromatic nitrogens is 2. The van der Waals surface area contributed by atoms with Gasteiger partial charge in [0.05, 0.1) is 17.9 Å². The van der Waals surface area contributed by atoms with Crippen LogP contribution in [0.1, 0.15) is 32.4 Å². The van der Waals surface area contributed by atoms with Crippen LogP contribution in [0.4, 0.5) is 5.82 Å². The lowest BCUT2D eigenvalue weighted by molar-refractivity contribution is 0.0211. The fourth-order valence-electron chi connectivity index (χ4n) is 3.19. The topological polar surface area (TPSA) is 38.2 Å². The van der Waals surface area contributed by atoms with Gasteiger partial charge in [0, 0.05) is 13.1 Å². The van der Waals surface area contributed by atoms with Crippen LogP contribution < -0.4 is 4.90 Å². The van der Waals surface area contributed by atoms with E-state index >= 15 is 0 Å². The highest BCUT2D eigenvalue weighted by Gasteiger charge is 2.46. The molecule has 0 amide bonds. The first-order valence-corrected chi connectivity index (χ1v) is 7.27. The Morgan fingerprint density at radius 1 is 1.37 bits per heavy atom. The van der Waals surface area contributed by atoms with Crippen molar-refractivity contribution in [2.24, 2.45) is 11.8 Å². The molecule has 0 aliphatic carbocycles. The highest BCUT2D eigenvalue weighted by molar-refractivity contribution is 5.40. The second-order valence-electron chi connectivity index (χ2n) is 6.41. The van der Waals surface area contributed by atoms with Gasteiger partial charge >= 0.3 is 0 Å². The minimum absolute atomic E-state index is 0.0709. The van der Waals surface area contributed by atoms with Gasteiger partial charge in [0.1, 0.15) is 0 Å². The van der Waals surface area contributed by atoms with E-state index in [4.69, 9.17) is 4.74 Å². The van der Waals surface area contributed by atoms with Gasteiger partial charge in [-0.05, 0) is 43.7 Å². The molecule has 0 radical (unpaired) electrons. The zero-order valence-corrected chi connectivity index (χ0v) is 12.1. The summed E-state index contributed by atoms with van der Waals surface area (Å²) < 4.78 is 6.16. The van der Waals surface area contributed by atoms with Crippen LogP contribution in [-0.2, 0) is 4.74 Å². The summed E-state index contributed by atoms with van der Waals surface area (Å²) in [5, 5.41) is 8.44. The van der Waals surface area contributed by atoms with Gasteiger partial charge in [0.2, 0.25) is 0 Å². The number of anilines is 1. The highest BCUT2D eigenvalue weighted by atomic mass is 16.5. The summed E-state index contributed by atoms with van der Waals surface area (Å²) in [5.41, 5.74) is 1.04. The minimum atomic E-state index is 0.0709. The Labute approximate surface area is 115 Å². The molecule has 4 nitrogen and oxygen atoms in total. The monoisotopic (exact) mass is 261 g/mol. The number of hydrogen-bond acceptors (Lipinski definition) is 4. The molecule has 2 aliphatic heterocycles. The van der Waals surface area contributed by atoms with Crippen molar-refractivity contribution in [3.63, 3.8) is 0 Å². The van der Waals surface area contributed by atoms with E-state index in [1.54, 1.807) is 0 Å². The molecular weight excluding hydrogens is 238 g/mol. The smallest absolute Gasteiger partial charge is 0.151 e. The molecule has 2 saturated heterocycles. The molecule has 3 heterocycles. The molecule has 0 saturated carbocycles. The van der Waals surface area contributed by atoms with E-state index in [0.29, 0.717) is 11.8 Å². The Balaban J connectivity index is 1.69. The standard InChI is InChI=1S/C15H23N3O/c1-11(2)13-8-15(19-9-13)6-7-18(10-15)14-5-4-12(3)16-17-14/h4-5,11,13H,6-10H2,1-3H3. The summed E-state index contributed by atoms with van der Waals surface area (Å²) in [7, 11) is 0.